The van der Waals surface area contributed by atoms with E-state index in [1.807, 2.05) is 0 Å². The van der Waals surface area contributed by atoms with E-state index in [1.54, 1.807) is 7.05 Å². The minimum absolute atomic E-state index is 0.357. The highest BCUT2D eigenvalue weighted by atomic mass is 16.2. The number of H-pyrrole nitrogens is 1. The first-order valence-electron chi connectivity index (χ1n) is 7.36. The van der Waals surface area contributed by atoms with Crippen molar-refractivity contribution < 1.29 is 0 Å². The molecular formula is C13H24N6O2. The third kappa shape index (κ3) is 4.69. The SMILES string of the molecule is Cn1c(N2CCNCCNCCNCC2)cc(=O)[nH]c1=O. The molecule has 0 spiro atoms. The van der Waals surface area contributed by atoms with E-state index in [4.69, 9.17) is 0 Å². The van der Waals surface area contributed by atoms with E-state index >= 15 is 0 Å². The first-order valence-corrected chi connectivity index (χ1v) is 7.36. The normalized spacial score (nSPS) is 18.8. The van der Waals surface area contributed by atoms with Gasteiger partial charge in [-0.3, -0.25) is 14.3 Å². The summed E-state index contributed by atoms with van der Waals surface area (Å²) >= 11 is 0. The average molecular weight is 296 g/mol. The Labute approximate surface area is 123 Å². The first kappa shape index (κ1) is 15.7. The van der Waals surface area contributed by atoms with E-state index in [0.717, 1.165) is 52.4 Å². The largest absolute Gasteiger partial charge is 0.355 e. The van der Waals surface area contributed by atoms with Crippen LogP contribution in [-0.4, -0.2) is 61.9 Å². The van der Waals surface area contributed by atoms with Crippen molar-refractivity contribution in [2.75, 3.05) is 57.3 Å². The van der Waals surface area contributed by atoms with Crippen molar-refractivity contribution in [1.29, 1.82) is 0 Å². The Balaban J connectivity index is 2.13. The van der Waals surface area contributed by atoms with Crippen molar-refractivity contribution in [3.8, 4) is 0 Å². The fourth-order valence-electron chi connectivity index (χ4n) is 2.34. The highest BCUT2D eigenvalue weighted by Gasteiger charge is 2.11. The Bertz CT molecular complexity index is 540. The molecular weight excluding hydrogens is 272 g/mol. The number of aromatic amines is 1. The molecule has 1 aliphatic rings. The van der Waals surface area contributed by atoms with Gasteiger partial charge in [0.15, 0.2) is 0 Å². The molecule has 2 heterocycles. The Morgan fingerprint density at radius 3 is 2.00 bits per heavy atom. The molecule has 21 heavy (non-hydrogen) atoms. The van der Waals surface area contributed by atoms with Crippen LogP contribution < -0.4 is 32.1 Å². The molecule has 0 unspecified atom stereocenters. The zero-order chi connectivity index (χ0) is 15.1. The molecule has 1 saturated heterocycles. The minimum Gasteiger partial charge on any atom is -0.355 e. The van der Waals surface area contributed by atoms with Crippen molar-refractivity contribution in [3.63, 3.8) is 0 Å². The molecule has 0 saturated carbocycles. The minimum atomic E-state index is -0.381. The highest BCUT2D eigenvalue weighted by molar-refractivity contribution is 5.38. The molecule has 0 atom stereocenters. The molecule has 0 aromatic carbocycles. The summed E-state index contributed by atoms with van der Waals surface area (Å²) in [4.78, 5) is 27.6. The number of hydrogen-bond acceptors (Lipinski definition) is 6. The number of anilines is 1. The Kier molecular flexibility index (Phi) is 5.97. The lowest BCUT2D eigenvalue weighted by Gasteiger charge is -2.27. The van der Waals surface area contributed by atoms with Gasteiger partial charge in [0.1, 0.15) is 5.82 Å². The molecule has 1 fully saturated rings. The summed E-state index contributed by atoms with van der Waals surface area (Å²) in [7, 11) is 1.68. The van der Waals surface area contributed by atoms with Crippen LogP contribution in [0.3, 0.4) is 0 Å². The summed E-state index contributed by atoms with van der Waals surface area (Å²) in [5.41, 5.74) is -0.738. The van der Waals surface area contributed by atoms with Crippen molar-refractivity contribution >= 4 is 5.82 Å². The van der Waals surface area contributed by atoms with Gasteiger partial charge in [-0.05, 0) is 0 Å². The lowest BCUT2D eigenvalue weighted by molar-refractivity contribution is 0.552. The van der Waals surface area contributed by atoms with Gasteiger partial charge in [0, 0.05) is 65.5 Å². The summed E-state index contributed by atoms with van der Waals surface area (Å²) in [5, 5.41) is 10.0. The fraction of sp³-hybridized carbons (Fsp3) is 0.692. The van der Waals surface area contributed by atoms with Crippen molar-refractivity contribution in [1.82, 2.24) is 25.5 Å². The van der Waals surface area contributed by atoms with Gasteiger partial charge in [0.25, 0.3) is 5.56 Å². The maximum atomic E-state index is 11.7. The van der Waals surface area contributed by atoms with Crippen LogP contribution in [0.2, 0.25) is 0 Å². The van der Waals surface area contributed by atoms with E-state index in [0.29, 0.717) is 5.82 Å². The number of nitrogens with zero attached hydrogens (tertiary/aromatic N) is 2. The summed E-state index contributed by atoms with van der Waals surface area (Å²) < 4.78 is 1.48. The third-order valence-electron chi connectivity index (χ3n) is 3.54. The molecule has 8 nitrogen and oxygen atoms in total. The average Bonchev–Trinajstić information content (AvgIpc) is 2.44. The van der Waals surface area contributed by atoms with Crippen LogP contribution >= 0.6 is 0 Å². The monoisotopic (exact) mass is 296 g/mol. The fourth-order valence-corrected chi connectivity index (χ4v) is 2.34. The zero-order valence-corrected chi connectivity index (χ0v) is 12.4. The number of nitrogens with one attached hydrogen (secondary N) is 4. The van der Waals surface area contributed by atoms with Gasteiger partial charge in [-0.1, -0.05) is 0 Å². The molecule has 0 aliphatic carbocycles. The maximum Gasteiger partial charge on any atom is 0.329 e. The second-order valence-electron chi connectivity index (χ2n) is 5.09. The van der Waals surface area contributed by atoms with Crippen molar-refractivity contribution in [2.45, 2.75) is 0 Å². The van der Waals surface area contributed by atoms with Crippen LogP contribution in [0.15, 0.2) is 15.7 Å². The summed E-state index contributed by atoms with van der Waals surface area (Å²) in [6.45, 7) is 6.79. The molecule has 1 aromatic rings. The Morgan fingerprint density at radius 2 is 1.43 bits per heavy atom. The first-order chi connectivity index (χ1) is 10.2. The van der Waals surface area contributed by atoms with Gasteiger partial charge in [0.2, 0.25) is 0 Å². The van der Waals surface area contributed by atoms with Crippen LogP contribution in [0.25, 0.3) is 0 Å². The van der Waals surface area contributed by atoms with Crippen LogP contribution in [0.1, 0.15) is 0 Å². The Morgan fingerprint density at radius 1 is 0.905 bits per heavy atom. The predicted molar refractivity (Wildman–Crippen MR) is 83.1 cm³/mol. The standard InChI is InChI=1S/C13H24N6O2/c1-18-12(10-11(20)17-13(18)21)19-8-6-15-4-2-14-3-5-16-7-9-19/h10,14-16H,2-9H2,1H3,(H,17,20,21). The molecule has 118 valence electrons. The maximum absolute atomic E-state index is 11.7. The molecule has 8 heteroatoms. The smallest absolute Gasteiger partial charge is 0.329 e. The molecule has 1 aliphatic heterocycles. The summed E-state index contributed by atoms with van der Waals surface area (Å²) in [6.07, 6.45) is 0. The van der Waals surface area contributed by atoms with E-state index in [2.05, 4.69) is 25.8 Å². The molecule has 0 bridgehead atoms. The van der Waals surface area contributed by atoms with Crippen molar-refractivity contribution in [3.05, 3.63) is 26.9 Å². The third-order valence-corrected chi connectivity index (χ3v) is 3.54. The van der Waals surface area contributed by atoms with E-state index < -0.39 is 0 Å². The lowest BCUT2D eigenvalue weighted by Crippen LogP contribution is -2.44. The quantitative estimate of drug-likeness (QED) is 0.464. The van der Waals surface area contributed by atoms with Crippen LogP contribution in [-0.2, 0) is 7.05 Å². The topological polar surface area (TPSA) is 94.2 Å². The van der Waals surface area contributed by atoms with Crippen LogP contribution in [0.5, 0.6) is 0 Å². The second-order valence-corrected chi connectivity index (χ2v) is 5.09. The zero-order valence-electron chi connectivity index (χ0n) is 12.4. The number of rotatable bonds is 1. The van der Waals surface area contributed by atoms with Crippen LogP contribution in [0.4, 0.5) is 5.82 Å². The molecule has 0 amide bonds. The number of hydrogen-bond donors (Lipinski definition) is 4. The van der Waals surface area contributed by atoms with E-state index in [9.17, 15) is 9.59 Å². The van der Waals surface area contributed by atoms with Gasteiger partial charge in [-0.25, -0.2) is 4.79 Å². The highest BCUT2D eigenvalue weighted by Crippen LogP contribution is 2.06. The molecule has 1 aromatic heterocycles. The van der Waals surface area contributed by atoms with Gasteiger partial charge < -0.3 is 20.9 Å². The van der Waals surface area contributed by atoms with Gasteiger partial charge in [-0.2, -0.15) is 0 Å². The Hall–Kier alpha value is -1.64. The summed E-state index contributed by atoms with van der Waals surface area (Å²) in [5.74, 6) is 0.655. The lowest BCUT2D eigenvalue weighted by atomic mass is 10.4. The van der Waals surface area contributed by atoms with Crippen LogP contribution in [0, 0.1) is 0 Å². The van der Waals surface area contributed by atoms with Crippen molar-refractivity contribution in [2.24, 2.45) is 7.05 Å². The number of aromatic nitrogens is 2. The summed E-state index contributed by atoms with van der Waals surface area (Å²) in [6, 6.07) is 1.48. The second kappa shape index (κ2) is 7.96. The molecule has 2 rings (SSSR count). The predicted octanol–water partition coefficient (Wildman–Crippen LogP) is -2.34. The van der Waals surface area contributed by atoms with Gasteiger partial charge in [-0.15, -0.1) is 0 Å². The van der Waals surface area contributed by atoms with Gasteiger partial charge >= 0.3 is 5.69 Å². The van der Waals surface area contributed by atoms with E-state index in [1.165, 1.54) is 10.6 Å². The van der Waals surface area contributed by atoms with E-state index in [-0.39, 0.29) is 11.2 Å². The molecule has 0 radical (unpaired) electrons. The molecule has 4 N–H and O–H groups in total. The van der Waals surface area contributed by atoms with Gasteiger partial charge in [0.05, 0.1) is 0 Å².